The van der Waals surface area contributed by atoms with Gasteiger partial charge >= 0.3 is 0 Å². The topological polar surface area (TPSA) is 90.9 Å². The van der Waals surface area contributed by atoms with Gasteiger partial charge in [0.2, 0.25) is 0 Å². The molecule has 2 aromatic heterocycles. The molecule has 0 saturated carbocycles. The molecule has 1 amide bonds. The summed E-state index contributed by atoms with van der Waals surface area (Å²) in [7, 11) is 0. The lowest BCUT2D eigenvalue weighted by molar-refractivity contribution is 0.0947. The van der Waals surface area contributed by atoms with Gasteiger partial charge in [-0.25, -0.2) is 0 Å². The van der Waals surface area contributed by atoms with Crippen LogP contribution in [0.15, 0.2) is 48.8 Å². The Labute approximate surface area is 133 Å². The van der Waals surface area contributed by atoms with Crippen LogP contribution in [0.2, 0.25) is 0 Å². The van der Waals surface area contributed by atoms with Gasteiger partial charge in [0.1, 0.15) is 5.75 Å². The lowest BCUT2D eigenvalue weighted by atomic mass is 10.1. The summed E-state index contributed by atoms with van der Waals surface area (Å²) in [6.45, 7) is 2.05. The van der Waals surface area contributed by atoms with Crippen LogP contribution in [0.25, 0.3) is 11.3 Å². The molecule has 0 saturated heterocycles. The minimum atomic E-state index is -0.328. The number of phenols is 1. The highest BCUT2D eigenvalue weighted by atomic mass is 16.3. The number of benzene rings is 1. The van der Waals surface area contributed by atoms with Crippen molar-refractivity contribution in [2.45, 2.75) is 13.5 Å². The van der Waals surface area contributed by atoms with E-state index in [0.29, 0.717) is 12.1 Å². The number of H-pyrrole nitrogens is 1. The fourth-order valence-electron chi connectivity index (χ4n) is 2.24. The van der Waals surface area contributed by atoms with Crippen LogP contribution in [-0.4, -0.2) is 26.2 Å². The maximum absolute atomic E-state index is 12.2. The fraction of sp³-hybridized carbons (Fsp3) is 0.118. The van der Waals surface area contributed by atoms with Crippen molar-refractivity contribution in [2.75, 3.05) is 0 Å². The van der Waals surface area contributed by atoms with Gasteiger partial charge in [-0.15, -0.1) is 0 Å². The van der Waals surface area contributed by atoms with Crippen LogP contribution in [-0.2, 0) is 6.54 Å². The van der Waals surface area contributed by atoms with E-state index >= 15 is 0 Å². The van der Waals surface area contributed by atoms with Crippen molar-refractivity contribution in [3.8, 4) is 17.0 Å². The molecule has 0 spiro atoms. The number of aromatic hydroxyl groups is 1. The molecule has 0 aliphatic carbocycles. The highest BCUT2D eigenvalue weighted by Crippen LogP contribution is 2.21. The lowest BCUT2D eigenvalue weighted by Gasteiger charge is -2.07. The van der Waals surface area contributed by atoms with Crippen molar-refractivity contribution < 1.29 is 9.90 Å². The number of carbonyl (C=O) groups excluding carboxylic acids is 1. The van der Waals surface area contributed by atoms with Crippen LogP contribution in [0.5, 0.6) is 5.75 Å². The van der Waals surface area contributed by atoms with Gasteiger partial charge in [0, 0.05) is 18.0 Å². The maximum Gasteiger partial charge on any atom is 0.255 e. The number of aromatic nitrogens is 3. The first-order valence-corrected chi connectivity index (χ1v) is 7.16. The van der Waals surface area contributed by atoms with E-state index in [9.17, 15) is 9.90 Å². The predicted molar refractivity (Wildman–Crippen MR) is 85.8 cm³/mol. The lowest BCUT2D eigenvalue weighted by Crippen LogP contribution is -2.23. The Morgan fingerprint density at radius 3 is 2.83 bits per heavy atom. The highest BCUT2D eigenvalue weighted by Gasteiger charge is 2.12. The number of hydrogen-bond acceptors (Lipinski definition) is 4. The Hall–Kier alpha value is -3.15. The van der Waals surface area contributed by atoms with Crippen molar-refractivity contribution in [1.29, 1.82) is 0 Å². The molecule has 3 rings (SSSR count). The van der Waals surface area contributed by atoms with Crippen LogP contribution in [0.3, 0.4) is 0 Å². The number of aromatic amines is 1. The van der Waals surface area contributed by atoms with E-state index in [1.807, 2.05) is 18.2 Å². The standard InChI is InChI=1S/C17H16N4O2/c1-11-3-2-4-14(16(11)22)17(23)19-10-13-9-15(21-20-13)12-5-7-18-8-6-12/h2-9,22H,10H2,1H3,(H,19,23)(H,20,21). The smallest absolute Gasteiger partial charge is 0.255 e. The molecule has 0 fully saturated rings. The quantitative estimate of drug-likeness (QED) is 0.690. The maximum atomic E-state index is 12.2. The number of para-hydroxylation sites is 1. The van der Waals surface area contributed by atoms with Gasteiger partial charge in [0.25, 0.3) is 5.91 Å². The second-order valence-electron chi connectivity index (χ2n) is 5.17. The Balaban J connectivity index is 1.68. The Bertz CT molecular complexity index is 828. The highest BCUT2D eigenvalue weighted by molar-refractivity contribution is 5.97. The molecular formula is C17H16N4O2. The average Bonchev–Trinajstić information content (AvgIpc) is 3.05. The van der Waals surface area contributed by atoms with E-state index in [2.05, 4.69) is 20.5 Å². The van der Waals surface area contributed by atoms with Crippen LogP contribution >= 0.6 is 0 Å². The van der Waals surface area contributed by atoms with Crippen molar-refractivity contribution in [1.82, 2.24) is 20.5 Å². The zero-order valence-corrected chi connectivity index (χ0v) is 12.6. The summed E-state index contributed by atoms with van der Waals surface area (Å²) in [5.74, 6) is -0.321. The molecule has 0 atom stereocenters. The minimum absolute atomic E-state index is 0.00656. The molecule has 0 radical (unpaired) electrons. The third kappa shape index (κ3) is 3.21. The van der Waals surface area contributed by atoms with Crippen LogP contribution in [0, 0.1) is 6.92 Å². The minimum Gasteiger partial charge on any atom is -0.507 e. The second-order valence-corrected chi connectivity index (χ2v) is 5.17. The van der Waals surface area contributed by atoms with E-state index < -0.39 is 0 Å². The molecular weight excluding hydrogens is 292 g/mol. The first kappa shape index (κ1) is 14.8. The molecule has 6 heteroatoms. The van der Waals surface area contributed by atoms with Gasteiger partial charge in [-0.05, 0) is 36.8 Å². The van der Waals surface area contributed by atoms with E-state index in [0.717, 1.165) is 17.0 Å². The zero-order valence-electron chi connectivity index (χ0n) is 12.6. The molecule has 3 aromatic rings. The predicted octanol–water partition coefficient (Wildman–Crippen LogP) is 2.42. The van der Waals surface area contributed by atoms with Gasteiger partial charge in [0.15, 0.2) is 0 Å². The van der Waals surface area contributed by atoms with Gasteiger partial charge in [-0.2, -0.15) is 5.10 Å². The second kappa shape index (κ2) is 6.31. The summed E-state index contributed by atoms with van der Waals surface area (Å²) in [6.07, 6.45) is 3.40. The molecule has 0 bridgehead atoms. The van der Waals surface area contributed by atoms with Crippen LogP contribution in [0.4, 0.5) is 0 Å². The summed E-state index contributed by atoms with van der Waals surface area (Å²) in [5.41, 5.74) is 3.44. The van der Waals surface area contributed by atoms with Crippen LogP contribution in [0.1, 0.15) is 21.6 Å². The van der Waals surface area contributed by atoms with Gasteiger partial charge in [-0.1, -0.05) is 12.1 Å². The monoisotopic (exact) mass is 308 g/mol. The number of rotatable bonds is 4. The number of nitrogens with zero attached hydrogens (tertiary/aromatic N) is 2. The van der Waals surface area contributed by atoms with Crippen LogP contribution < -0.4 is 5.32 Å². The molecule has 3 N–H and O–H groups in total. The van der Waals surface area contributed by atoms with E-state index in [1.165, 1.54) is 0 Å². The number of aryl methyl sites for hydroxylation is 1. The number of carbonyl (C=O) groups is 1. The molecule has 2 heterocycles. The first-order valence-electron chi connectivity index (χ1n) is 7.16. The van der Waals surface area contributed by atoms with Crippen molar-refractivity contribution in [3.63, 3.8) is 0 Å². The molecule has 6 nitrogen and oxygen atoms in total. The third-order valence-corrected chi connectivity index (χ3v) is 3.53. The summed E-state index contributed by atoms with van der Waals surface area (Å²) in [6, 6.07) is 10.7. The molecule has 1 aromatic carbocycles. The summed E-state index contributed by atoms with van der Waals surface area (Å²) < 4.78 is 0. The SMILES string of the molecule is Cc1cccc(C(=O)NCc2cc(-c3ccncc3)n[nH]2)c1O. The molecule has 0 unspecified atom stereocenters. The summed E-state index contributed by atoms with van der Waals surface area (Å²) >= 11 is 0. The van der Waals surface area contributed by atoms with Gasteiger partial charge < -0.3 is 10.4 Å². The Kier molecular flexibility index (Phi) is 4.05. The largest absolute Gasteiger partial charge is 0.507 e. The normalized spacial score (nSPS) is 10.5. The molecule has 0 aliphatic rings. The van der Waals surface area contributed by atoms with Crippen molar-refractivity contribution in [3.05, 3.63) is 65.6 Å². The van der Waals surface area contributed by atoms with E-state index in [1.54, 1.807) is 37.5 Å². The van der Waals surface area contributed by atoms with E-state index in [4.69, 9.17) is 0 Å². The first-order chi connectivity index (χ1) is 11.1. The van der Waals surface area contributed by atoms with E-state index in [-0.39, 0.29) is 17.2 Å². The number of phenolic OH excluding ortho intramolecular Hbond substituents is 1. The number of pyridine rings is 1. The van der Waals surface area contributed by atoms with Gasteiger partial charge in [-0.3, -0.25) is 14.9 Å². The Morgan fingerprint density at radius 2 is 2.04 bits per heavy atom. The number of nitrogens with one attached hydrogen (secondary N) is 2. The number of amides is 1. The third-order valence-electron chi connectivity index (χ3n) is 3.53. The Morgan fingerprint density at radius 1 is 1.26 bits per heavy atom. The van der Waals surface area contributed by atoms with Crippen molar-refractivity contribution in [2.24, 2.45) is 0 Å². The van der Waals surface area contributed by atoms with Crippen molar-refractivity contribution >= 4 is 5.91 Å². The summed E-state index contributed by atoms with van der Waals surface area (Å²) in [5, 5.41) is 19.8. The average molecular weight is 308 g/mol. The zero-order chi connectivity index (χ0) is 16.2. The molecule has 23 heavy (non-hydrogen) atoms. The van der Waals surface area contributed by atoms with Gasteiger partial charge in [0.05, 0.1) is 23.5 Å². The summed E-state index contributed by atoms with van der Waals surface area (Å²) in [4.78, 5) is 16.1. The number of hydrogen-bond donors (Lipinski definition) is 3. The molecule has 0 aliphatic heterocycles. The molecule has 116 valence electrons. The fourth-order valence-corrected chi connectivity index (χ4v) is 2.24.